The lowest BCUT2D eigenvalue weighted by molar-refractivity contribution is -0.737. The number of hydrogen-bond acceptors (Lipinski definition) is 2. The summed E-state index contributed by atoms with van der Waals surface area (Å²) < 4.78 is 11.5. The molecule has 0 unspecified atom stereocenters. The van der Waals surface area contributed by atoms with Crippen molar-refractivity contribution < 1.29 is 14.8 Å². The number of hydrogen-bond donors (Lipinski definition) is 1. The molecule has 0 amide bonds. The SMILES string of the molecule is COc1cc(C[NH2+]C(C)(C)CC(C)(C)C)cc(Cl)c1OCc1ccc(Cl)cc1. The minimum absolute atomic E-state index is 0.141. The van der Waals surface area contributed by atoms with Gasteiger partial charge in [0, 0.05) is 17.0 Å². The summed E-state index contributed by atoms with van der Waals surface area (Å²) in [6.07, 6.45) is 1.12. The number of methoxy groups -OCH3 is 1. The molecule has 0 radical (unpaired) electrons. The van der Waals surface area contributed by atoms with E-state index in [1.165, 1.54) is 0 Å². The average molecular weight is 425 g/mol. The van der Waals surface area contributed by atoms with Crippen LogP contribution in [0.3, 0.4) is 0 Å². The Kier molecular flexibility index (Phi) is 7.66. The van der Waals surface area contributed by atoms with Gasteiger partial charge in [-0.05, 0) is 49.1 Å². The predicted octanol–water partition coefficient (Wildman–Crippen LogP) is 5.86. The molecule has 2 N–H and O–H groups in total. The summed E-state index contributed by atoms with van der Waals surface area (Å²) in [6, 6.07) is 11.5. The van der Waals surface area contributed by atoms with Crippen LogP contribution in [0.15, 0.2) is 36.4 Å². The van der Waals surface area contributed by atoms with Gasteiger partial charge < -0.3 is 14.8 Å². The molecular formula is C23H32Cl2NO2+. The molecule has 0 aliphatic heterocycles. The monoisotopic (exact) mass is 424 g/mol. The van der Waals surface area contributed by atoms with E-state index in [9.17, 15) is 0 Å². The Morgan fingerprint density at radius 2 is 1.57 bits per heavy atom. The van der Waals surface area contributed by atoms with E-state index in [2.05, 4.69) is 39.9 Å². The molecule has 2 aromatic carbocycles. The molecule has 0 spiro atoms. The molecule has 2 aromatic rings. The van der Waals surface area contributed by atoms with Gasteiger partial charge in [-0.25, -0.2) is 0 Å². The van der Waals surface area contributed by atoms with Crippen molar-refractivity contribution in [3.8, 4) is 11.5 Å². The molecular weight excluding hydrogens is 393 g/mol. The summed E-state index contributed by atoms with van der Waals surface area (Å²) in [5.74, 6) is 1.22. The third-order valence-electron chi connectivity index (χ3n) is 4.46. The number of halogens is 2. The zero-order chi connectivity index (χ0) is 20.9. The number of nitrogens with two attached hydrogens (primary N) is 1. The van der Waals surface area contributed by atoms with Crippen LogP contribution >= 0.6 is 23.2 Å². The summed E-state index contributed by atoms with van der Waals surface area (Å²) in [6.45, 7) is 12.6. The van der Waals surface area contributed by atoms with Gasteiger partial charge in [-0.15, -0.1) is 0 Å². The normalized spacial score (nSPS) is 12.1. The van der Waals surface area contributed by atoms with Crippen molar-refractivity contribution in [2.24, 2.45) is 5.41 Å². The van der Waals surface area contributed by atoms with E-state index < -0.39 is 0 Å². The van der Waals surface area contributed by atoms with Gasteiger partial charge in [-0.3, -0.25) is 0 Å². The molecule has 2 rings (SSSR count). The first-order valence-electron chi connectivity index (χ1n) is 9.57. The molecule has 5 heteroatoms. The first-order valence-corrected chi connectivity index (χ1v) is 10.3. The fourth-order valence-corrected chi connectivity index (χ4v) is 4.01. The molecule has 0 aliphatic carbocycles. The summed E-state index contributed by atoms with van der Waals surface area (Å²) in [7, 11) is 1.64. The highest BCUT2D eigenvalue weighted by Crippen LogP contribution is 2.37. The predicted molar refractivity (Wildman–Crippen MR) is 118 cm³/mol. The number of rotatable bonds is 8. The van der Waals surface area contributed by atoms with Gasteiger partial charge >= 0.3 is 0 Å². The van der Waals surface area contributed by atoms with Crippen LogP contribution in [0.5, 0.6) is 11.5 Å². The first-order chi connectivity index (χ1) is 13.0. The van der Waals surface area contributed by atoms with E-state index in [1.807, 2.05) is 36.4 Å². The van der Waals surface area contributed by atoms with Gasteiger partial charge in [0.05, 0.1) is 17.7 Å². The van der Waals surface area contributed by atoms with E-state index >= 15 is 0 Å². The molecule has 0 heterocycles. The van der Waals surface area contributed by atoms with Crippen molar-refractivity contribution in [1.29, 1.82) is 0 Å². The molecule has 28 heavy (non-hydrogen) atoms. The van der Waals surface area contributed by atoms with Gasteiger partial charge in [0.25, 0.3) is 0 Å². The van der Waals surface area contributed by atoms with Gasteiger partial charge in [0.2, 0.25) is 0 Å². The molecule has 0 atom stereocenters. The van der Waals surface area contributed by atoms with E-state index in [4.69, 9.17) is 32.7 Å². The van der Waals surface area contributed by atoms with Crippen molar-refractivity contribution in [2.75, 3.05) is 7.11 Å². The minimum Gasteiger partial charge on any atom is -0.493 e. The molecule has 0 aromatic heterocycles. The quantitative estimate of drug-likeness (QED) is 0.575. The van der Waals surface area contributed by atoms with Crippen molar-refractivity contribution in [2.45, 2.75) is 59.7 Å². The van der Waals surface area contributed by atoms with Gasteiger partial charge in [-0.1, -0.05) is 56.1 Å². The Labute approximate surface area is 179 Å². The first kappa shape index (κ1) is 22.9. The highest BCUT2D eigenvalue weighted by atomic mass is 35.5. The third-order valence-corrected chi connectivity index (χ3v) is 4.99. The van der Waals surface area contributed by atoms with E-state index in [1.54, 1.807) is 7.11 Å². The zero-order valence-corrected chi connectivity index (χ0v) is 19.2. The molecule has 3 nitrogen and oxygen atoms in total. The highest BCUT2D eigenvalue weighted by Gasteiger charge is 2.28. The molecule has 0 aliphatic rings. The van der Waals surface area contributed by atoms with Crippen molar-refractivity contribution >= 4 is 23.2 Å². The number of quaternary nitrogens is 1. The Morgan fingerprint density at radius 1 is 0.929 bits per heavy atom. The number of benzene rings is 2. The number of ether oxygens (including phenoxy) is 2. The maximum absolute atomic E-state index is 6.52. The lowest BCUT2D eigenvalue weighted by Gasteiger charge is -2.30. The zero-order valence-electron chi connectivity index (χ0n) is 17.7. The minimum atomic E-state index is 0.141. The van der Waals surface area contributed by atoms with Gasteiger partial charge in [-0.2, -0.15) is 0 Å². The average Bonchev–Trinajstić information content (AvgIpc) is 2.58. The summed E-state index contributed by atoms with van der Waals surface area (Å²) in [4.78, 5) is 0. The second-order valence-corrected chi connectivity index (χ2v) is 10.0. The fourth-order valence-electron chi connectivity index (χ4n) is 3.60. The second kappa shape index (κ2) is 9.39. The molecule has 0 fully saturated rings. The van der Waals surface area contributed by atoms with E-state index in [-0.39, 0.29) is 11.0 Å². The van der Waals surface area contributed by atoms with Crippen LogP contribution in [0, 0.1) is 5.41 Å². The van der Waals surface area contributed by atoms with Crippen LogP contribution in [0.25, 0.3) is 0 Å². The Morgan fingerprint density at radius 3 is 2.14 bits per heavy atom. The standard InChI is InChI=1S/C23H31Cl2NO2/c1-22(2,3)15-23(4,5)26-13-17-11-19(25)21(20(12-17)27-6)28-14-16-7-9-18(24)10-8-16/h7-12,26H,13-15H2,1-6H3/p+1. The van der Waals surface area contributed by atoms with Crippen LogP contribution in [-0.2, 0) is 13.2 Å². The molecule has 0 bridgehead atoms. The lowest BCUT2D eigenvalue weighted by Crippen LogP contribution is -2.94. The second-order valence-electron chi connectivity index (χ2n) is 9.16. The van der Waals surface area contributed by atoms with Gasteiger partial charge in [0.1, 0.15) is 13.2 Å². The third kappa shape index (κ3) is 7.20. The Hall–Kier alpha value is -1.42. The van der Waals surface area contributed by atoms with Crippen molar-refractivity contribution in [3.05, 3.63) is 57.6 Å². The van der Waals surface area contributed by atoms with Crippen LogP contribution < -0.4 is 14.8 Å². The molecule has 154 valence electrons. The maximum Gasteiger partial charge on any atom is 0.180 e. The topological polar surface area (TPSA) is 35.1 Å². The highest BCUT2D eigenvalue weighted by molar-refractivity contribution is 6.32. The van der Waals surface area contributed by atoms with Crippen LogP contribution in [0.4, 0.5) is 0 Å². The van der Waals surface area contributed by atoms with Crippen LogP contribution in [-0.4, -0.2) is 12.6 Å². The summed E-state index contributed by atoms with van der Waals surface area (Å²) in [5, 5.41) is 3.62. The van der Waals surface area contributed by atoms with Crippen molar-refractivity contribution in [1.82, 2.24) is 0 Å². The maximum atomic E-state index is 6.52. The fraction of sp³-hybridized carbons (Fsp3) is 0.478. The molecule has 0 saturated heterocycles. The van der Waals surface area contributed by atoms with Crippen molar-refractivity contribution in [3.63, 3.8) is 0 Å². The lowest BCUT2D eigenvalue weighted by atomic mass is 9.82. The van der Waals surface area contributed by atoms with E-state index in [0.717, 1.165) is 24.1 Å². The summed E-state index contributed by atoms with van der Waals surface area (Å²) in [5.41, 5.74) is 2.56. The van der Waals surface area contributed by atoms with Crippen LogP contribution in [0.1, 0.15) is 52.2 Å². The summed E-state index contributed by atoms with van der Waals surface area (Å²) >= 11 is 12.5. The van der Waals surface area contributed by atoms with Crippen LogP contribution in [0.2, 0.25) is 10.0 Å². The molecule has 0 saturated carbocycles. The van der Waals surface area contributed by atoms with Gasteiger partial charge in [0.15, 0.2) is 11.5 Å². The Bertz CT molecular complexity index is 780. The van der Waals surface area contributed by atoms with E-state index in [0.29, 0.717) is 28.2 Å². The largest absolute Gasteiger partial charge is 0.493 e. The smallest absolute Gasteiger partial charge is 0.180 e. The Balaban J connectivity index is 2.08.